The van der Waals surface area contributed by atoms with Crippen LogP contribution in [0.3, 0.4) is 0 Å². The summed E-state index contributed by atoms with van der Waals surface area (Å²) in [5, 5.41) is 18.7. The summed E-state index contributed by atoms with van der Waals surface area (Å²) >= 11 is 0. The summed E-state index contributed by atoms with van der Waals surface area (Å²) in [5.41, 5.74) is 2.55. The molecule has 0 aromatic heterocycles. The standard InChI is InChI=1S/C23H32N2O/c1-3-5-14-21(11-4-2)24-25-22-18-20(15-16-23(22)26)17-19-12-9-7-6-8-10-13-19/h3-5,11,14-16,18-19,26H,6-10,12-13,17H2,1-2H3/b5-3-,11-4-,21-14+,25-24?. The SMILES string of the molecule is C\C=C/C=C(\C=C/C)N=Nc1cc(CC2CCCCCCC2)ccc1O. The molecule has 0 amide bonds. The van der Waals surface area contributed by atoms with Crippen LogP contribution in [0.15, 0.2) is 64.5 Å². The molecule has 0 atom stereocenters. The highest BCUT2D eigenvalue weighted by Crippen LogP contribution is 2.31. The van der Waals surface area contributed by atoms with Gasteiger partial charge in [0.2, 0.25) is 0 Å². The maximum atomic E-state index is 10.1. The van der Waals surface area contributed by atoms with Crippen molar-refractivity contribution in [2.24, 2.45) is 16.1 Å². The average molecular weight is 353 g/mol. The van der Waals surface area contributed by atoms with Crippen molar-refractivity contribution in [2.75, 3.05) is 0 Å². The van der Waals surface area contributed by atoms with Gasteiger partial charge < -0.3 is 5.11 Å². The largest absolute Gasteiger partial charge is 0.506 e. The van der Waals surface area contributed by atoms with Gasteiger partial charge in [0.25, 0.3) is 0 Å². The predicted octanol–water partition coefficient (Wildman–Crippen LogP) is 7.42. The van der Waals surface area contributed by atoms with Gasteiger partial charge in [0, 0.05) is 0 Å². The predicted molar refractivity (Wildman–Crippen MR) is 110 cm³/mol. The zero-order valence-corrected chi connectivity index (χ0v) is 16.2. The second-order valence-electron chi connectivity index (χ2n) is 7.06. The summed E-state index contributed by atoms with van der Waals surface area (Å²) in [4.78, 5) is 0. The van der Waals surface area contributed by atoms with E-state index in [1.807, 2.05) is 56.4 Å². The lowest BCUT2D eigenvalue weighted by Crippen LogP contribution is -2.07. The van der Waals surface area contributed by atoms with Gasteiger partial charge in [0.05, 0.1) is 5.70 Å². The van der Waals surface area contributed by atoms with E-state index in [4.69, 9.17) is 0 Å². The highest BCUT2D eigenvalue weighted by atomic mass is 16.3. The van der Waals surface area contributed by atoms with Crippen LogP contribution < -0.4 is 0 Å². The molecule has 1 saturated carbocycles. The molecule has 1 aliphatic rings. The number of azo groups is 1. The van der Waals surface area contributed by atoms with Gasteiger partial charge in [-0.05, 0) is 56.0 Å². The zero-order chi connectivity index (χ0) is 18.6. The zero-order valence-electron chi connectivity index (χ0n) is 16.2. The second kappa shape index (κ2) is 11.5. The van der Waals surface area contributed by atoms with E-state index in [2.05, 4.69) is 10.2 Å². The van der Waals surface area contributed by atoms with Gasteiger partial charge in [-0.15, -0.1) is 5.11 Å². The van der Waals surface area contributed by atoms with Gasteiger partial charge in [0.15, 0.2) is 0 Å². The van der Waals surface area contributed by atoms with Crippen LogP contribution in [0.2, 0.25) is 0 Å². The Kier molecular flexibility index (Phi) is 8.88. The Hall–Kier alpha value is -2.16. The maximum absolute atomic E-state index is 10.1. The third kappa shape index (κ3) is 6.99. The van der Waals surface area contributed by atoms with Crippen LogP contribution in [0.1, 0.15) is 64.4 Å². The van der Waals surface area contributed by atoms with E-state index in [9.17, 15) is 5.11 Å². The number of nitrogens with zero attached hydrogens (tertiary/aromatic N) is 2. The molecule has 1 N–H and O–H groups in total. The van der Waals surface area contributed by atoms with Gasteiger partial charge in [-0.2, -0.15) is 5.11 Å². The topological polar surface area (TPSA) is 45.0 Å². The fourth-order valence-electron chi connectivity index (χ4n) is 3.45. The molecule has 140 valence electrons. The van der Waals surface area contributed by atoms with Crippen LogP contribution in [0.5, 0.6) is 5.75 Å². The first-order valence-corrected chi connectivity index (χ1v) is 9.92. The number of allylic oxidation sites excluding steroid dienone is 5. The number of phenols is 1. The lowest BCUT2D eigenvalue weighted by molar-refractivity contribution is 0.376. The quantitative estimate of drug-likeness (QED) is 0.420. The molecule has 0 radical (unpaired) electrons. The van der Waals surface area contributed by atoms with Crippen LogP contribution in [0, 0.1) is 5.92 Å². The van der Waals surface area contributed by atoms with E-state index in [1.165, 1.54) is 50.5 Å². The number of phenolic OH excluding ortho intramolecular Hbond substituents is 1. The van der Waals surface area contributed by atoms with Crippen LogP contribution in [0.25, 0.3) is 0 Å². The third-order valence-electron chi connectivity index (χ3n) is 4.86. The molecule has 1 aromatic rings. The molecule has 2 rings (SSSR count). The van der Waals surface area contributed by atoms with E-state index in [1.54, 1.807) is 6.07 Å². The number of aromatic hydroxyl groups is 1. The molecular formula is C23H32N2O. The minimum atomic E-state index is 0.182. The Bertz CT molecular complexity index is 663. The van der Waals surface area contributed by atoms with E-state index in [0.29, 0.717) is 5.69 Å². The molecule has 0 aliphatic heterocycles. The molecule has 1 aromatic carbocycles. The first kappa shape index (κ1) is 20.2. The number of benzene rings is 1. The molecule has 0 heterocycles. The summed E-state index contributed by atoms with van der Waals surface area (Å²) in [5.74, 6) is 0.929. The van der Waals surface area contributed by atoms with E-state index >= 15 is 0 Å². The van der Waals surface area contributed by atoms with Gasteiger partial charge >= 0.3 is 0 Å². The van der Waals surface area contributed by atoms with Crippen LogP contribution in [0.4, 0.5) is 5.69 Å². The van der Waals surface area contributed by atoms with Crippen molar-refractivity contribution < 1.29 is 5.11 Å². The minimum Gasteiger partial charge on any atom is -0.506 e. The van der Waals surface area contributed by atoms with Gasteiger partial charge in [-0.3, -0.25) is 0 Å². The highest BCUT2D eigenvalue weighted by Gasteiger charge is 2.13. The smallest absolute Gasteiger partial charge is 0.143 e. The van der Waals surface area contributed by atoms with Crippen molar-refractivity contribution in [3.05, 3.63) is 59.8 Å². The Morgan fingerprint density at radius 1 is 1.08 bits per heavy atom. The summed E-state index contributed by atoms with van der Waals surface area (Å²) in [6.45, 7) is 3.91. The Morgan fingerprint density at radius 2 is 1.81 bits per heavy atom. The molecular weight excluding hydrogens is 320 g/mol. The van der Waals surface area contributed by atoms with E-state index in [-0.39, 0.29) is 5.75 Å². The van der Waals surface area contributed by atoms with Crippen LogP contribution in [-0.2, 0) is 6.42 Å². The van der Waals surface area contributed by atoms with Crippen molar-refractivity contribution >= 4 is 5.69 Å². The van der Waals surface area contributed by atoms with Crippen LogP contribution >= 0.6 is 0 Å². The molecule has 3 nitrogen and oxygen atoms in total. The molecule has 26 heavy (non-hydrogen) atoms. The van der Waals surface area contributed by atoms with Crippen molar-refractivity contribution in [3.63, 3.8) is 0 Å². The van der Waals surface area contributed by atoms with Crippen molar-refractivity contribution in [1.82, 2.24) is 0 Å². The lowest BCUT2D eigenvalue weighted by Gasteiger charge is -2.19. The molecule has 1 aliphatic carbocycles. The first-order chi connectivity index (χ1) is 12.7. The van der Waals surface area contributed by atoms with Gasteiger partial charge in [-0.1, -0.05) is 69.2 Å². The summed E-state index contributed by atoms with van der Waals surface area (Å²) < 4.78 is 0. The molecule has 0 spiro atoms. The Labute approximate surface area is 158 Å². The monoisotopic (exact) mass is 352 g/mol. The summed E-state index contributed by atoms with van der Waals surface area (Å²) in [6.07, 6.45) is 20.1. The van der Waals surface area contributed by atoms with E-state index in [0.717, 1.165) is 18.0 Å². The highest BCUT2D eigenvalue weighted by molar-refractivity contribution is 5.52. The van der Waals surface area contributed by atoms with Crippen molar-refractivity contribution in [1.29, 1.82) is 0 Å². The number of hydrogen-bond donors (Lipinski definition) is 1. The number of hydrogen-bond acceptors (Lipinski definition) is 3. The third-order valence-corrected chi connectivity index (χ3v) is 4.86. The van der Waals surface area contributed by atoms with Gasteiger partial charge in [0.1, 0.15) is 11.4 Å². The summed E-state index contributed by atoms with van der Waals surface area (Å²) in [7, 11) is 0. The molecule has 0 saturated heterocycles. The van der Waals surface area contributed by atoms with Gasteiger partial charge in [-0.25, -0.2) is 0 Å². The Morgan fingerprint density at radius 3 is 2.50 bits per heavy atom. The molecule has 0 bridgehead atoms. The maximum Gasteiger partial charge on any atom is 0.143 e. The first-order valence-electron chi connectivity index (χ1n) is 9.92. The van der Waals surface area contributed by atoms with Crippen molar-refractivity contribution in [2.45, 2.75) is 65.2 Å². The molecule has 1 fully saturated rings. The Balaban J connectivity index is 2.11. The fraction of sp³-hybridized carbons (Fsp3) is 0.478. The lowest BCUT2D eigenvalue weighted by atomic mass is 9.86. The fourth-order valence-corrected chi connectivity index (χ4v) is 3.45. The van der Waals surface area contributed by atoms with E-state index < -0.39 is 0 Å². The minimum absolute atomic E-state index is 0.182. The average Bonchev–Trinajstić information content (AvgIpc) is 2.61. The van der Waals surface area contributed by atoms with Crippen molar-refractivity contribution in [3.8, 4) is 5.75 Å². The number of rotatable bonds is 6. The summed E-state index contributed by atoms with van der Waals surface area (Å²) in [6, 6.07) is 5.76. The van der Waals surface area contributed by atoms with Crippen LogP contribution in [-0.4, -0.2) is 5.11 Å². The molecule has 3 heteroatoms. The normalized spacial score (nSPS) is 18.0. The molecule has 0 unspecified atom stereocenters. The second-order valence-corrected chi connectivity index (χ2v) is 7.06.